The molecule has 5 heteroatoms. The third-order valence-electron chi connectivity index (χ3n) is 6.07. The van der Waals surface area contributed by atoms with Gasteiger partial charge in [0.05, 0.1) is 5.69 Å². The lowest BCUT2D eigenvalue weighted by Crippen LogP contribution is -2.09. The van der Waals surface area contributed by atoms with E-state index in [0.717, 1.165) is 46.2 Å². The Hall–Kier alpha value is -1.10. The maximum absolute atomic E-state index is 5.63. The molecule has 2 heterocycles. The maximum Gasteiger partial charge on any atom is 0.179 e. The van der Waals surface area contributed by atoms with E-state index in [1.807, 2.05) is 0 Å². The van der Waals surface area contributed by atoms with Gasteiger partial charge in [0.2, 0.25) is 0 Å². The monoisotopic (exact) mass is 288 g/mol. The average Bonchev–Trinajstić information content (AvgIpc) is 2.81. The fraction of sp³-hybridized carbons (Fsp3) is 0.733. The predicted molar refractivity (Wildman–Crippen MR) is 80.2 cm³/mol. The van der Waals surface area contributed by atoms with Crippen molar-refractivity contribution in [3.8, 4) is 0 Å². The fourth-order valence-corrected chi connectivity index (χ4v) is 5.66. The van der Waals surface area contributed by atoms with Crippen LogP contribution in [0.5, 0.6) is 0 Å². The van der Waals surface area contributed by atoms with Crippen LogP contribution in [0.3, 0.4) is 0 Å². The van der Waals surface area contributed by atoms with Crippen LogP contribution in [-0.2, 0) is 6.54 Å². The zero-order chi connectivity index (χ0) is 13.6. The molecule has 2 bridgehead atoms. The maximum atomic E-state index is 5.63. The Labute approximate surface area is 123 Å². The van der Waals surface area contributed by atoms with Crippen molar-refractivity contribution >= 4 is 23.4 Å². The summed E-state index contributed by atoms with van der Waals surface area (Å²) in [7, 11) is 0. The number of rotatable bonds is 2. The smallest absolute Gasteiger partial charge is 0.179 e. The van der Waals surface area contributed by atoms with E-state index in [0.29, 0.717) is 6.04 Å². The van der Waals surface area contributed by atoms with Crippen LogP contribution in [0.4, 0.5) is 0 Å². The molecule has 3 aliphatic rings. The van der Waals surface area contributed by atoms with E-state index in [4.69, 9.17) is 12.2 Å². The Morgan fingerprint density at radius 3 is 2.65 bits per heavy atom. The second-order valence-electron chi connectivity index (χ2n) is 6.88. The molecule has 3 saturated carbocycles. The minimum absolute atomic E-state index is 0.656. The van der Waals surface area contributed by atoms with Crippen molar-refractivity contribution in [1.29, 1.82) is 0 Å². The van der Waals surface area contributed by atoms with E-state index < -0.39 is 0 Å². The molecule has 0 amide bonds. The van der Waals surface area contributed by atoms with Crippen molar-refractivity contribution in [3.63, 3.8) is 0 Å². The number of aryl methyl sites for hydroxylation is 2. The van der Waals surface area contributed by atoms with Crippen molar-refractivity contribution in [2.75, 3.05) is 0 Å². The molecular weight excluding hydrogens is 268 g/mol. The van der Waals surface area contributed by atoms with E-state index in [9.17, 15) is 0 Å². The van der Waals surface area contributed by atoms with Gasteiger partial charge in [0.25, 0.3) is 0 Å². The SMILES string of the molecule is CCn1nc(C)c2[nH]c(=S)n(C3C4C5CCC(C5)C43)c21. The van der Waals surface area contributed by atoms with Crippen molar-refractivity contribution in [2.45, 2.75) is 45.7 Å². The number of hydrogen-bond acceptors (Lipinski definition) is 2. The molecule has 3 fully saturated rings. The number of H-pyrrole nitrogens is 1. The molecule has 4 unspecified atom stereocenters. The zero-order valence-electron chi connectivity index (χ0n) is 12.0. The fourth-order valence-electron chi connectivity index (χ4n) is 5.34. The van der Waals surface area contributed by atoms with Gasteiger partial charge in [0.1, 0.15) is 5.52 Å². The average molecular weight is 288 g/mol. The molecular formula is C15H20N4S. The second kappa shape index (κ2) is 3.56. The van der Waals surface area contributed by atoms with E-state index in [1.54, 1.807) is 0 Å². The largest absolute Gasteiger partial charge is 0.328 e. The van der Waals surface area contributed by atoms with Crippen LogP contribution >= 0.6 is 12.2 Å². The summed E-state index contributed by atoms with van der Waals surface area (Å²) < 4.78 is 5.43. The van der Waals surface area contributed by atoms with Gasteiger partial charge in [-0.05, 0) is 69.0 Å². The number of hydrogen-bond donors (Lipinski definition) is 1. The molecule has 106 valence electrons. The molecule has 3 aliphatic carbocycles. The lowest BCUT2D eigenvalue weighted by molar-refractivity contribution is 0.452. The van der Waals surface area contributed by atoms with Crippen LogP contribution < -0.4 is 0 Å². The molecule has 0 aromatic carbocycles. The number of nitrogens with one attached hydrogen (secondary N) is 1. The van der Waals surface area contributed by atoms with Gasteiger partial charge in [-0.15, -0.1) is 0 Å². The molecule has 4 nitrogen and oxygen atoms in total. The lowest BCUT2D eigenvalue weighted by Gasteiger charge is -2.11. The Bertz CT molecular complexity index is 751. The van der Waals surface area contributed by atoms with Gasteiger partial charge in [-0.1, -0.05) is 0 Å². The predicted octanol–water partition coefficient (Wildman–Crippen LogP) is 3.44. The number of aromatic nitrogens is 4. The highest BCUT2D eigenvalue weighted by atomic mass is 32.1. The van der Waals surface area contributed by atoms with Crippen LogP contribution in [0.15, 0.2) is 0 Å². The second-order valence-corrected chi connectivity index (χ2v) is 7.27. The van der Waals surface area contributed by atoms with Gasteiger partial charge in [0, 0.05) is 12.6 Å². The molecule has 0 saturated heterocycles. The van der Waals surface area contributed by atoms with Crippen LogP contribution in [0.2, 0.25) is 0 Å². The molecule has 4 atom stereocenters. The molecule has 2 aromatic rings. The summed E-state index contributed by atoms with van der Waals surface area (Å²) in [4.78, 5) is 3.41. The molecule has 0 radical (unpaired) electrons. The first-order chi connectivity index (χ1) is 9.70. The molecule has 0 aliphatic heterocycles. The minimum atomic E-state index is 0.656. The number of fused-ring (bicyclic) bond motifs is 6. The van der Waals surface area contributed by atoms with Gasteiger partial charge in [0.15, 0.2) is 10.4 Å². The quantitative estimate of drug-likeness (QED) is 0.860. The third-order valence-corrected chi connectivity index (χ3v) is 6.37. The van der Waals surface area contributed by atoms with E-state index in [1.165, 1.54) is 24.9 Å². The molecule has 2 aromatic heterocycles. The lowest BCUT2D eigenvalue weighted by atomic mass is 10.0. The Morgan fingerprint density at radius 2 is 2.00 bits per heavy atom. The first-order valence-electron chi connectivity index (χ1n) is 7.88. The summed E-state index contributed by atoms with van der Waals surface area (Å²) in [6.07, 6.45) is 4.39. The first-order valence-corrected chi connectivity index (χ1v) is 8.29. The summed E-state index contributed by atoms with van der Waals surface area (Å²) in [5.41, 5.74) is 3.45. The van der Waals surface area contributed by atoms with Crippen molar-refractivity contribution in [3.05, 3.63) is 10.5 Å². The standard InChI is InChI=1S/C15H20N4S/c1-3-18-14-12(7(2)17-18)16-15(20)19(14)13-10-8-4-5-9(6-8)11(10)13/h8-11,13H,3-6H2,1-2H3,(H,16,20). The van der Waals surface area contributed by atoms with Crippen LogP contribution in [0.1, 0.15) is 37.9 Å². The van der Waals surface area contributed by atoms with Crippen LogP contribution in [0, 0.1) is 35.4 Å². The molecule has 20 heavy (non-hydrogen) atoms. The summed E-state index contributed by atoms with van der Waals surface area (Å²) in [6, 6.07) is 0.656. The van der Waals surface area contributed by atoms with Gasteiger partial charge < -0.3 is 4.98 Å². The Morgan fingerprint density at radius 1 is 1.30 bits per heavy atom. The Kier molecular flexibility index (Phi) is 2.06. The van der Waals surface area contributed by atoms with Crippen LogP contribution in [0.25, 0.3) is 11.2 Å². The van der Waals surface area contributed by atoms with Crippen molar-refractivity contribution in [2.24, 2.45) is 23.7 Å². The molecule has 1 N–H and O–H groups in total. The molecule has 0 spiro atoms. The normalized spacial score (nSPS) is 37.8. The van der Waals surface area contributed by atoms with E-state index in [2.05, 4.69) is 33.2 Å². The number of imidazole rings is 1. The van der Waals surface area contributed by atoms with Gasteiger partial charge in [-0.2, -0.15) is 5.10 Å². The van der Waals surface area contributed by atoms with E-state index >= 15 is 0 Å². The van der Waals surface area contributed by atoms with Gasteiger partial charge in [-0.3, -0.25) is 4.57 Å². The number of nitrogens with zero attached hydrogens (tertiary/aromatic N) is 3. The summed E-state index contributed by atoms with van der Waals surface area (Å²) in [5, 5.41) is 4.65. The highest BCUT2D eigenvalue weighted by Gasteiger charge is 2.66. The van der Waals surface area contributed by atoms with E-state index in [-0.39, 0.29) is 0 Å². The van der Waals surface area contributed by atoms with Gasteiger partial charge in [-0.25, -0.2) is 4.68 Å². The third kappa shape index (κ3) is 1.19. The van der Waals surface area contributed by atoms with Crippen LogP contribution in [-0.4, -0.2) is 19.3 Å². The van der Waals surface area contributed by atoms with Crippen molar-refractivity contribution in [1.82, 2.24) is 19.3 Å². The van der Waals surface area contributed by atoms with Crippen molar-refractivity contribution < 1.29 is 0 Å². The highest BCUT2D eigenvalue weighted by Crippen LogP contribution is 2.71. The Balaban J connectivity index is 1.70. The zero-order valence-corrected chi connectivity index (χ0v) is 12.8. The highest BCUT2D eigenvalue weighted by molar-refractivity contribution is 7.71. The summed E-state index contributed by atoms with van der Waals surface area (Å²) >= 11 is 5.63. The topological polar surface area (TPSA) is 38.5 Å². The first kappa shape index (κ1) is 11.5. The van der Waals surface area contributed by atoms with Gasteiger partial charge >= 0.3 is 0 Å². The minimum Gasteiger partial charge on any atom is -0.328 e. The molecule has 5 rings (SSSR count). The summed E-state index contributed by atoms with van der Waals surface area (Å²) in [5.74, 6) is 3.75. The summed E-state index contributed by atoms with van der Waals surface area (Å²) in [6.45, 7) is 5.14. The number of aromatic amines is 1.